The Morgan fingerprint density at radius 2 is 1.78 bits per heavy atom. The number of ether oxygens (including phenoxy) is 2. The van der Waals surface area contributed by atoms with Gasteiger partial charge < -0.3 is 26.3 Å². The van der Waals surface area contributed by atoms with Crippen molar-refractivity contribution in [3.8, 4) is 11.5 Å². The van der Waals surface area contributed by atoms with Crippen LogP contribution in [0.5, 0.6) is 11.5 Å². The van der Waals surface area contributed by atoms with Crippen LogP contribution in [0, 0.1) is 5.82 Å². The molecule has 192 valence electrons. The molecular weight excluding hydrogens is 501 g/mol. The van der Waals surface area contributed by atoms with Gasteiger partial charge in [0.15, 0.2) is 17.2 Å². The van der Waals surface area contributed by atoms with Crippen molar-refractivity contribution < 1.29 is 28.2 Å². The van der Waals surface area contributed by atoms with Gasteiger partial charge in [0.05, 0.1) is 5.69 Å². The van der Waals surface area contributed by atoms with E-state index in [-0.39, 0.29) is 29.1 Å². The molecule has 10 nitrogen and oxygen atoms in total. The first-order valence-electron chi connectivity index (χ1n) is 11.7. The number of nitrogen functional groups attached to an aromatic ring is 1. The number of nitrogens with zero attached hydrogens (tertiary/aromatic N) is 2. The van der Waals surface area contributed by atoms with E-state index in [1.54, 1.807) is 18.2 Å². The van der Waals surface area contributed by atoms with Crippen molar-refractivity contribution in [3.05, 3.63) is 64.4 Å². The van der Waals surface area contributed by atoms with Crippen molar-refractivity contribution in [2.45, 2.75) is 37.8 Å². The first kappa shape index (κ1) is 24.5. The van der Waals surface area contributed by atoms with Crippen LogP contribution in [-0.2, 0) is 4.79 Å². The van der Waals surface area contributed by atoms with Crippen LogP contribution < -0.4 is 31.2 Å². The second kappa shape index (κ2) is 10.1. The Morgan fingerprint density at radius 1 is 1.08 bits per heavy atom. The lowest BCUT2D eigenvalue weighted by Crippen LogP contribution is -2.46. The van der Waals surface area contributed by atoms with Crippen molar-refractivity contribution in [2.75, 3.05) is 17.4 Å². The Kier molecular flexibility index (Phi) is 6.66. The number of anilines is 2. The number of carbonyl (C=O) groups excluding carboxylic acids is 3. The number of halogens is 1. The van der Waals surface area contributed by atoms with Crippen LogP contribution in [0.15, 0.2) is 42.5 Å². The molecule has 2 heterocycles. The van der Waals surface area contributed by atoms with Gasteiger partial charge in [0.2, 0.25) is 12.7 Å². The Hall–Kier alpha value is -4.19. The number of aromatic nitrogens is 1. The summed E-state index contributed by atoms with van der Waals surface area (Å²) in [5.41, 5.74) is 11.7. The van der Waals surface area contributed by atoms with Gasteiger partial charge >= 0.3 is 0 Å². The van der Waals surface area contributed by atoms with Crippen LogP contribution in [0.4, 0.5) is 15.8 Å². The Morgan fingerprint density at radius 3 is 2.46 bits per heavy atom. The zero-order chi connectivity index (χ0) is 26.1. The number of hydrogen-bond donors (Lipinski definition) is 3. The van der Waals surface area contributed by atoms with E-state index in [4.69, 9.17) is 20.9 Å². The molecule has 2 aliphatic rings. The molecule has 0 bridgehead atoms. The third-order valence-electron chi connectivity index (χ3n) is 6.40. The molecular formula is C25H24FN5O5S. The highest BCUT2D eigenvalue weighted by atomic mass is 32.1. The second-order valence-corrected chi connectivity index (χ2v) is 9.57. The number of fused-ring (bicyclic) bond motifs is 1. The third-order valence-corrected chi connectivity index (χ3v) is 7.25. The van der Waals surface area contributed by atoms with Crippen LogP contribution in [0.1, 0.15) is 57.4 Å². The number of primary amides is 1. The van der Waals surface area contributed by atoms with E-state index >= 15 is 0 Å². The van der Waals surface area contributed by atoms with Gasteiger partial charge in [-0.3, -0.25) is 19.3 Å². The highest BCUT2D eigenvalue weighted by Crippen LogP contribution is 2.40. The molecule has 0 saturated heterocycles. The number of carbonyl (C=O) groups is 3. The average Bonchev–Trinajstić information content (AvgIpc) is 3.63. The molecule has 2 aromatic carbocycles. The van der Waals surface area contributed by atoms with Crippen molar-refractivity contribution in [2.24, 2.45) is 5.73 Å². The molecule has 5 N–H and O–H groups in total. The van der Waals surface area contributed by atoms with Gasteiger partial charge in [0.1, 0.15) is 16.7 Å². The maximum Gasteiger partial charge on any atom is 0.273 e. The van der Waals surface area contributed by atoms with Gasteiger partial charge in [-0.25, -0.2) is 4.39 Å². The predicted molar refractivity (Wildman–Crippen MR) is 134 cm³/mol. The summed E-state index contributed by atoms with van der Waals surface area (Å²) in [6.45, 7) is 0.0139. The Bertz CT molecular complexity index is 1360. The summed E-state index contributed by atoms with van der Waals surface area (Å²) in [5.74, 6) is -1.62. The van der Waals surface area contributed by atoms with Gasteiger partial charge in [0, 0.05) is 17.8 Å². The molecule has 1 fully saturated rings. The van der Waals surface area contributed by atoms with E-state index in [1.165, 1.54) is 29.2 Å². The zero-order valence-corrected chi connectivity index (χ0v) is 20.4. The molecule has 1 saturated carbocycles. The minimum Gasteiger partial charge on any atom is -0.454 e. The van der Waals surface area contributed by atoms with E-state index in [9.17, 15) is 18.8 Å². The molecule has 5 rings (SSSR count). The maximum atomic E-state index is 14.1. The van der Waals surface area contributed by atoms with Crippen LogP contribution in [0.3, 0.4) is 0 Å². The monoisotopic (exact) mass is 525 g/mol. The van der Waals surface area contributed by atoms with Gasteiger partial charge in [-0.2, -0.15) is 4.37 Å². The lowest BCUT2D eigenvalue weighted by atomic mass is 10.0. The molecule has 1 aromatic heterocycles. The SMILES string of the molecule is NC(=O)c1nsc(C(=O)N(c2ccc3c(c2)OCO3)C(C(=O)NC2CCCC2)c2ccc(F)cc2)c1N. The Labute approximate surface area is 215 Å². The van der Waals surface area contributed by atoms with E-state index in [2.05, 4.69) is 9.69 Å². The third kappa shape index (κ3) is 4.79. The second-order valence-electron chi connectivity index (χ2n) is 8.80. The summed E-state index contributed by atoms with van der Waals surface area (Å²) >= 11 is 0.706. The quantitative estimate of drug-likeness (QED) is 0.429. The fourth-order valence-corrected chi connectivity index (χ4v) is 5.31. The summed E-state index contributed by atoms with van der Waals surface area (Å²) in [5, 5.41) is 3.04. The largest absolute Gasteiger partial charge is 0.454 e. The van der Waals surface area contributed by atoms with Gasteiger partial charge in [-0.05, 0) is 54.2 Å². The molecule has 12 heteroatoms. The standard InChI is InChI=1S/C25H24FN5O5S/c26-14-7-5-13(6-8-14)21(24(33)29-15-3-1-2-4-15)31(16-9-10-17-18(11-16)36-12-35-17)25(34)22-19(27)20(23(28)32)30-37-22/h5-11,15,21H,1-4,12,27H2,(H2,28,32)(H,29,33). The van der Waals surface area contributed by atoms with Gasteiger partial charge in [-0.15, -0.1) is 0 Å². The molecule has 37 heavy (non-hydrogen) atoms. The van der Waals surface area contributed by atoms with Crippen LogP contribution >= 0.6 is 11.5 Å². The number of hydrogen-bond acceptors (Lipinski definition) is 8. The smallest absolute Gasteiger partial charge is 0.273 e. The van der Waals surface area contributed by atoms with Crippen LogP contribution in [-0.4, -0.2) is 34.9 Å². The van der Waals surface area contributed by atoms with Crippen molar-refractivity contribution in [1.29, 1.82) is 0 Å². The molecule has 3 aromatic rings. The highest BCUT2D eigenvalue weighted by molar-refractivity contribution is 7.09. The molecule has 1 atom stereocenters. The van der Waals surface area contributed by atoms with Crippen LogP contribution in [0.25, 0.3) is 0 Å². The van der Waals surface area contributed by atoms with Crippen LogP contribution in [0.2, 0.25) is 0 Å². The summed E-state index contributed by atoms with van der Waals surface area (Å²) < 4.78 is 28.7. The topological polar surface area (TPSA) is 150 Å². The first-order chi connectivity index (χ1) is 17.8. The maximum absolute atomic E-state index is 14.1. The summed E-state index contributed by atoms with van der Waals surface area (Å²) in [4.78, 5) is 40.8. The normalized spacial score (nSPS) is 15.4. The predicted octanol–water partition coefficient (Wildman–Crippen LogP) is 3.14. The number of rotatable bonds is 7. The van der Waals surface area contributed by atoms with Crippen molar-refractivity contribution in [3.63, 3.8) is 0 Å². The first-order valence-corrected chi connectivity index (χ1v) is 12.4. The van der Waals surface area contributed by atoms with E-state index < -0.39 is 29.6 Å². The molecule has 0 spiro atoms. The number of amides is 3. The number of nitrogens with one attached hydrogen (secondary N) is 1. The lowest BCUT2D eigenvalue weighted by Gasteiger charge is -2.32. The number of nitrogens with two attached hydrogens (primary N) is 2. The summed E-state index contributed by atoms with van der Waals surface area (Å²) in [6.07, 6.45) is 3.63. The van der Waals surface area contributed by atoms with Crippen molar-refractivity contribution in [1.82, 2.24) is 9.69 Å². The molecule has 0 radical (unpaired) electrons. The summed E-state index contributed by atoms with van der Waals surface area (Å²) in [7, 11) is 0. The fourth-order valence-electron chi connectivity index (χ4n) is 4.57. The van der Waals surface area contributed by atoms with E-state index in [0.29, 0.717) is 34.3 Å². The van der Waals surface area contributed by atoms with E-state index in [1.807, 2.05) is 0 Å². The fraction of sp³-hybridized carbons (Fsp3) is 0.280. The zero-order valence-electron chi connectivity index (χ0n) is 19.6. The van der Waals surface area contributed by atoms with E-state index in [0.717, 1.165) is 25.7 Å². The minimum absolute atomic E-state index is 0.0139. The average molecular weight is 526 g/mol. The molecule has 1 aliphatic carbocycles. The number of benzene rings is 2. The molecule has 1 aliphatic heterocycles. The molecule has 1 unspecified atom stereocenters. The lowest BCUT2D eigenvalue weighted by molar-refractivity contribution is -0.123. The van der Waals surface area contributed by atoms with Gasteiger partial charge in [-0.1, -0.05) is 25.0 Å². The Balaban J connectivity index is 1.64. The minimum atomic E-state index is -1.20. The highest BCUT2D eigenvalue weighted by Gasteiger charge is 2.37. The van der Waals surface area contributed by atoms with Gasteiger partial charge in [0.25, 0.3) is 11.8 Å². The summed E-state index contributed by atoms with van der Waals surface area (Å²) in [6, 6.07) is 8.91. The van der Waals surface area contributed by atoms with Crippen molar-refractivity contribution >= 4 is 40.6 Å². The molecule has 3 amide bonds.